The molecule has 2 aromatic rings. The summed E-state index contributed by atoms with van der Waals surface area (Å²) in [6, 6.07) is 11.6. The van der Waals surface area contributed by atoms with E-state index in [9.17, 15) is 9.90 Å². The number of phenolic OH excluding ortho intramolecular Hbond substituents is 1. The Kier molecular flexibility index (Phi) is 6.34. The molecule has 0 unspecified atom stereocenters. The minimum Gasteiger partial charge on any atom is -0.503 e. The summed E-state index contributed by atoms with van der Waals surface area (Å²) in [5.74, 6) is 0.301. The third-order valence-electron chi connectivity index (χ3n) is 4.04. The number of aromatic hydroxyl groups is 1. The summed E-state index contributed by atoms with van der Waals surface area (Å²) in [6.45, 7) is 4.41. The molecule has 1 aliphatic rings. The van der Waals surface area contributed by atoms with Crippen molar-refractivity contribution in [2.75, 3.05) is 11.9 Å². The lowest BCUT2D eigenvalue weighted by Crippen LogP contribution is -2.30. The summed E-state index contributed by atoms with van der Waals surface area (Å²) in [5, 5.41) is 16.2. The van der Waals surface area contributed by atoms with Crippen LogP contribution in [0.1, 0.15) is 25.0 Å². The Labute approximate surface area is 171 Å². The summed E-state index contributed by atoms with van der Waals surface area (Å²) in [4.78, 5) is 12.9. The van der Waals surface area contributed by atoms with Gasteiger partial charge in [0.15, 0.2) is 17.0 Å². The molecule has 1 aliphatic heterocycles. The van der Waals surface area contributed by atoms with Gasteiger partial charge < -0.3 is 20.5 Å². The molecule has 1 atom stereocenters. The number of halogens is 1. The predicted octanol–water partition coefficient (Wildman–Crippen LogP) is 4.72. The topological polar surface area (TPSA) is 70.6 Å². The molecule has 5 nitrogen and oxygen atoms in total. The molecular weight excluding hydrogens is 428 g/mol. The maximum atomic E-state index is 12.3. The molecule has 0 aromatic heterocycles. The summed E-state index contributed by atoms with van der Waals surface area (Å²) >= 11 is 4.74. The number of thioether (sulfide) groups is 1. The third kappa shape index (κ3) is 4.78. The predicted molar refractivity (Wildman–Crippen MR) is 114 cm³/mol. The molecule has 7 heteroatoms. The number of ether oxygens (including phenoxy) is 1. The molecule has 27 heavy (non-hydrogen) atoms. The molecule has 0 aliphatic carbocycles. The molecule has 0 saturated carbocycles. The number of phenols is 1. The number of nitrogens with one attached hydrogen (secondary N) is 2. The molecule has 3 N–H and O–H groups in total. The van der Waals surface area contributed by atoms with Gasteiger partial charge in [0, 0.05) is 5.69 Å². The zero-order valence-electron chi connectivity index (χ0n) is 15.1. The van der Waals surface area contributed by atoms with Crippen molar-refractivity contribution in [2.45, 2.75) is 25.8 Å². The van der Waals surface area contributed by atoms with Crippen molar-refractivity contribution >= 4 is 45.4 Å². The van der Waals surface area contributed by atoms with E-state index in [1.807, 2.05) is 19.1 Å². The Hall–Kier alpha value is -2.12. The van der Waals surface area contributed by atoms with Crippen molar-refractivity contribution in [3.8, 4) is 11.5 Å². The quantitative estimate of drug-likeness (QED) is 0.557. The van der Waals surface area contributed by atoms with Crippen LogP contribution in [0.2, 0.25) is 0 Å². The minimum atomic E-state index is -0.233. The number of hydrogen-bond donors (Lipinski definition) is 3. The zero-order chi connectivity index (χ0) is 19.4. The number of rotatable bonds is 6. The summed E-state index contributed by atoms with van der Waals surface area (Å²) in [5.41, 5.74) is 2.77. The number of carbonyl (C=O) groups is 1. The molecule has 2 aromatic carbocycles. The number of carbonyl (C=O) groups excluding carboxylic acids is 1. The van der Waals surface area contributed by atoms with Gasteiger partial charge in [0.25, 0.3) is 5.91 Å². The van der Waals surface area contributed by atoms with Crippen LogP contribution in [0, 0.1) is 0 Å². The second kappa shape index (κ2) is 8.71. The van der Waals surface area contributed by atoms with Gasteiger partial charge in [-0.25, -0.2) is 0 Å². The van der Waals surface area contributed by atoms with E-state index in [2.05, 4.69) is 45.6 Å². The largest absolute Gasteiger partial charge is 0.503 e. The average Bonchev–Trinajstić information content (AvgIpc) is 2.99. The smallest absolute Gasteiger partial charge is 0.260 e. The zero-order valence-corrected chi connectivity index (χ0v) is 17.5. The molecule has 1 fully saturated rings. The highest BCUT2D eigenvalue weighted by Crippen LogP contribution is 2.37. The van der Waals surface area contributed by atoms with Crippen LogP contribution in [0.3, 0.4) is 0 Å². The van der Waals surface area contributed by atoms with Gasteiger partial charge in [-0.05, 0) is 70.7 Å². The van der Waals surface area contributed by atoms with E-state index >= 15 is 0 Å². The van der Waals surface area contributed by atoms with E-state index in [0.29, 0.717) is 21.7 Å². The van der Waals surface area contributed by atoms with Crippen molar-refractivity contribution in [1.29, 1.82) is 0 Å². The Bertz CT molecular complexity index is 868. The van der Waals surface area contributed by atoms with E-state index in [-0.39, 0.29) is 17.2 Å². The van der Waals surface area contributed by atoms with Gasteiger partial charge in [-0.2, -0.15) is 0 Å². The van der Waals surface area contributed by atoms with Crippen LogP contribution in [-0.4, -0.2) is 23.1 Å². The number of amides is 1. The SMILES string of the molecule is CCOc1cc(/C=C2\S[C@H](Nc3ccc(CC)cc3)NC2=O)cc(Br)c1O. The Morgan fingerprint density at radius 3 is 2.70 bits per heavy atom. The number of hydrogen-bond acceptors (Lipinski definition) is 5. The van der Waals surface area contributed by atoms with Crippen molar-refractivity contribution in [3.63, 3.8) is 0 Å². The fourth-order valence-electron chi connectivity index (χ4n) is 2.65. The first-order valence-corrected chi connectivity index (χ1v) is 10.4. The fraction of sp³-hybridized carbons (Fsp3) is 0.250. The average molecular weight is 449 g/mol. The van der Waals surface area contributed by atoms with Gasteiger partial charge in [-0.1, -0.05) is 30.8 Å². The lowest BCUT2D eigenvalue weighted by molar-refractivity contribution is -0.116. The number of aryl methyl sites for hydroxylation is 1. The summed E-state index contributed by atoms with van der Waals surface area (Å²) in [6.07, 6.45) is 2.78. The van der Waals surface area contributed by atoms with E-state index in [4.69, 9.17) is 4.74 Å². The Morgan fingerprint density at radius 2 is 2.04 bits per heavy atom. The molecular formula is C20H21BrN2O3S. The molecule has 0 bridgehead atoms. The lowest BCUT2D eigenvalue weighted by Gasteiger charge is -2.13. The highest BCUT2D eigenvalue weighted by molar-refractivity contribution is 9.10. The standard InChI is InChI=1S/C20H21BrN2O3S/c1-3-12-5-7-14(8-6-12)22-20-23-19(25)17(27-20)11-13-9-15(21)18(24)16(10-13)26-4-2/h5-11,20,22,24H,3-4H2,1-2H3,(H,23,25)/b17-11-/t20-/m1/s1. The molecule has 142 valence electrons. The molecule has 1 heterocycles. The van der Waals surface area contributed by atoms with Crippen LogP contribution in [0.15, 0.2) is 45.8 Å². The highest BCUT2D eigenvalue weighted by atomic mass is 79.9. The monoisotopic (exact) mass is 448 g/mol. The van der Waals surface area contributed by atoms with Crippen molar-refractivity contribution in [1.82, 2.24) is 5.32 Å². The number of benzene rings is 2. The van der Waals surface area contributed by atoms with E-state index < -0.39 is 0 Å². The second-order valence-electron chi connectivity index (χ2n) is 5.96. The number of anilines is 1. The van der Waals surface area contributed by atoms with Crippen LogP contribution >= 0.6 is 27.7 Å². The van der Waals surface area contributed by atoms with Crippen LogP contribution in [0.4, 0.5) is 5.69 Å². The first-order chi connectivity index (χ1) is 13.0. The minimum absolute atomic E-state index is 0.0533. The Morgan fingerprint density at radius 1 is 1.30 bits per heavy atom. The van der Waals surface area contributed by atoms with E-state index in [0.717, 1.165) is 17.7 Å². The fourth-order valence-corrected chi connectivity index (χ4v) is 4.09. The molecule has 3 rings (SSSR count). The van der Waals surface area contributed by atoms with Gasteiger partial charge in [-0.15, -0.1) is 0 Å². The van der Waals surface area contributed by atoms with Crippen molar-refractivity contribution in [3.05, 3.63) is 56.9 Å². The van der Waals surface area contributed by atoms with Gasteiger partial charge >= 0.3 is 0 Å². The van der Waals surface area contributed by atoms with E-state index in [1.54, 1.807) is 18.2 Å². The van der Waals surface area contributed by atoms with Gasteiger partial charge in [-0.3, -0.25) is 4.79 Å². The van der Waals surface area contributed by atoms with Crippen LogP contribution in [0.5, 0.6) is 11.5 Å². The maximum Gasteiger partial charge on any atom is 0.260 e. The van der Waals surface area contributed by atoms with Gasteiger partial charge in [0.1, 0.15) is 0 Å². The normalized spacial score (nSPS) is 17.8. The van der Waals surface area contributed by atoms with Crippen LogP contribution in [0.25, 0.3) is 6.08 Å². The highest BCUT2D eigenvalue weighted by Gasteiger charge is 2.27. The first kappa shape index (κ1) is 19.6. The summed E-state index contributed by atoms with van der Waals surface area (Å²) in [7, 11) is 0. The molecule has 1 amide bonds. The van der Waals surface area contributed by atoms with E-state index in [1.165, 1.54) is 17.3 Å². The second-order valence-corrected chi connectivity index (χ2v) is 7.96. The van der Waals surface area contributed by atoms with Crippen LogP contribution in [-0.2, 0) is 11.2 Å². The maximum absolute atomic E-state index is 12.3. The van der Waals surface area contributed by atoms with Gasteiger partial charge in [0.2, 0.25) is 0 Å². The summed E-state index contributed by atoms with van der Waals surface area (Å²) < 4.78 is 5.96. The van der Waals surface area contributed by atoms with Crippen molar-refractivity contribution < 1.29 is 14.6 Å². The molecule has 0 radical (unpaired) electrons. The Balaban J connectivity index is 1.74. The molecule has 1 saturated heterocycles. The molecule has 0 spiro atoms. The third-order valence-corrected chi connectivity index (χ3v) is 5.67. The van der Waals surface area contributed by atoms with Crippen LogP contribution < -0.4 is 15.4 Å². The van der Waals surface area contributed by atoms with Gasteiger partial charge in [0.05, 0.1) is 16.0 Å². The lowest BCUT2D eigenvalue weighted by atomic mass is 10.1. The van der Waals surface area contributed by atoms with Crippen molar-refractivity contribution in [2.24, 2.45) is 0 Å². The first-order valence-electron chi connectivity index (χ1n) is 8.70.